The summed E-state index contributed by atoms with van der Waals surface area (Å²) in [5, 5.41) is 20.4. The van der Waals surface area contributed by atoms with E-state index >= 15 is 0 Å². The Morgan fingerprint density at radius 3 is 2.82 bits per heavy atom. The molecule has 2 aliphatic rings. The van der Waals surface area contributed by atoms with Crippen molar-refractivity contribution >= 4 is 17.2 Å². The number of carbonyl (C=O) groups is 1. The summed E-state index contributed by atoms with van der Waals surface area (Å²) in [5.74, 6) is -0.0863. The van der Waals surface area contributed by atoms with Crippen LogP contribution in [0.25, 0.3) is 0 Å². The molecule has 0 spiro atoms. The molecule has 0 unspecified atom stereocenters. The molecule has 0 aromatic carbocycles. The fraction of sp³-hybridized carbons (Fsp3) is 0.733. The second kappa shape index (κ2) is 6.62. The van der Waals surface area contributed by atoms with Gasteiger partial charge in [0.2, 0.25) is 0 Å². The van der Waals surface area contributed by atoms with Crippen LogP contribution in [0.5, 0.6) is 0 Å². The first-order valence-electron chi connectivity index (χ1n) is 7.89. The Hall–Kier alpha value is -1.02. The number of hydrogen-bond acceptors (Lipinski definition) is 6. The largest absolute Gasteiger partial charge is 0.393 e. The first-order valence-corrected chi connectivity index (χ1v) is 8.71. The van der Waals surface area contributed by atoms with Crippen molar-refractivity contribution in [3.05, 3.63) is 16.1 Å². The Kier molecular flexibility index (Phi) is 4.77. The highest BCUT2D eigenvalue weighted by atomic mass is 32.1. The van der Waals surface area contributed by atoms with Crippen LogP contribution in [0.4, 0.5) is 0 Å². The molecule has 2 saturated heterocycles. The van der Waals surface area contributed by atoms with Crippen molar-refractivity contribution in [2.24, 2.45) is 0 Å². The molecule has 0 saturated carbocycles. The second-order valence-corrected chi connectivity index (χ2v) is 7.43. The van der Waals surface area contributed by atoms with Gasteiger partial charge in [-0.3, -0.25) is 9.69 Å². The van der Waals surface area contributed by atoms with Crippen molar-refractivity contribution in [1.82, 2.24) is 14.8 Å². The molecule has 0 aliphatic carbocycles. The molecular weight excluding hydrogens is 302 g/mol. The van der Waals surface area contributed by atoms with Crippen molar-refractivity contribution in [1.29, 1.82) is 0 Å². The molecular formula is C15H23N3O3S. The zero-order valence-corrected chi connectivity index (χ0v) is 13.5. The van der Waals surface area contributed by atoms with Gasteiger partial charge in [0.15, 0.2) is 0 Å². The van der Waals surface area contributed by atoms with Crippen molar-refractivity contribution in [2.75, 3.05) is 32.8 Å². The van der Waals surface area contributed by atoms with Crippen LogP contribution in [-0.2, 0) is 6.54 Å². The fourth-order valence-electron chi connectivity index (χ4n) is 3.18. The molecule has 3 heterocycles. The number of thiazole rings is 1. The predicted octanol–water partition coefficient (Wildman–Crippen LogP) is 0.698. The van der Waals surface area contributed by atoms with Gasteiger partial charge in [-0.25, -0.2) is 4.98 Å². The Labute approximate surface area is 134 Å². The zero-order valence-electron chi connectivity index (χ0n) is 12.7. The summed E-state index contributed by atoms with van der Waals surface area (Å²) in [6.45, 7) is 3.55. The number of hydrogen-bond donors (Lipinski definition) is 2. The number of nitrogens with zero attached hydrogens (tertiary/aromatic N) is 3. The van der Waals surface area contributed by atoms with E-state index in [1.165, 1.54) is 24.2 Å². The van der Waals surface area contributed by atoms with Gasteiger partial charge in [0.1, 0.15) is 15.5 Å². The monoisotopic (exact) mass is 325 g/mol. The van der Waals surface area contributed by atoms with Gasteiger partial charge in [0.25, 0.3) is 5.91 Å². The van der Waals surface area contributed by atoms with E-state index in [2.05, 4.69) is 9.88 Å². The van der Waals surface area contributed by atoms with E-state index in [0.29, 0.717) is 24.3 Å². The first-order chi connectivity index (χ1) is 10.6. The van der Waals surface area contributed by atoms with Crippen molar-refractivity contribution in [3.8, 4) is 0 Å². The molecule has 122 valence electrons. The highest BCUT2D eigenvalue weighted by Crippen LogP contribution is 2.24. The molecule has 1 amide bonds. The summed E-state index contributed by atoms with van der Waals surface area (Å²) < 4.78 is 0. The van der Waals surface area contributed by atoms with Crippen LogP contribution in [0.15, 0.2) is 6.20 Å². The number of β-amino-alcohol motifs (C(OH)–C–C–N with tert-alkyl or cyclic N) is 1. The number of aliphatic hydroxyl groups excluding tert-OH is 1. The molecule has 0 radical (unpaired) electrons. The molecule has 7 heteroatoms. The average molecular weight is 325 g/mol. The van der Waals surface area contributed by atoms with Gasteiger partial charge >= 0.3 is 0 Å². The van der Waals surface area contributed by atoms with Crippen LogP contribution in [0, 0.1) is 0 Å². The third-order valence-corrected chi connectivity index (χ3v) is 5.43. The third kappa shape index (κ3) is 3.48. The minimum Gasteiger partial charge on any atom is -0.393 e. The number of amides is 1. The SMILES string of the molecule is O=C(c1cnc(CN2CCCC2)s1)N1CCC[C@](O)(CO)C1. The topological polar surface area (TPSA) is 76.9 Å². The van der Waals surface area contributed by atoms with E-state index in [0.717, 1.165) is 24.6 Å². The van der Waals surface area contributed by atoms with Gasteiger partial charge in [0.05, 0.1) is 25.9 Å². The van der Waals surface area contributed by atoms with Crippen LogP contribution in [0.2, 0.25) is 0 Å². The van der Waals surface area contributed by atoms with Crippen LogP contribution >= 0.6 is 11.3 Å². The number of piperidine rings is 1. The summed E-state index contributed by atoms with van der Waals surface area (Å²) in [5.41, 5.74) is -1.16. The predicted molar refractivity (Wildman–Crippen MR) is 83.8 cm³/mol. The van der Waals surface area contributed by atoms with Gasteiger partial charge in [-0.1, -0.05) is 0 Å². The number of rotatable bonds is 4. The molecule has 0 bridgehead atoms. The molecule has 22 heavy (non-hydrogen) atoms. The molecule has 2 aliphatic heterocycles. The van der Waals surface area contributed by atoms with E-state index in [-0.39, 0.29) is 19.1 Å². The van der Waals surface area contributed by atoms with E-state index in [4.69, 9.17) is 0 Å². The van der Waals surface area contributed by atoms with Gasteiger partial charge in [-0.2, -0.15) is 0 Å². The molecule has 2 N–H and O–H groups in total. The lowest BCUT2D eigenvalue weighted by molar-refractivity contribution is -0.0597. The Bertz CT molecular complexity index is 530. The summed E-state index contributed by atoms with van der Waals surface area (Å²) in [6, 6.07) is 0. The minimum atomic E-state index is -1.16. The van der Waals surface area contributed by atoms with E-state index in [9.17, 15) is 15.0 Å². The lowest BCUT2D eigenvalue weighted by Crippen LogP contribution is -2.52. The van der Waals surface area contributed by atoms with E-state index in [1.54, 1.807) is 11.1 Å². The Balaban J connectivity index is 1.63. The maximum atomic E-state index is 12.5. The fourth-order valence-corrected chi connectivity index (χ4v) is 4.11. The van der Waals surface area contributed by atoms with Crippen LogP contribution in [0.1, 0.15) is 40.4 Å². The third-order valence-electron chi connectivity index (χ3n) is 4.46. The van der Waals surface area contributed by atoms with Gasteiger partial charge in [-0.05, 0) is 38.8 Å². The highest BCUT2D eigenvalue weighted by Gasteiger charge is 2.35. The first kappa shape index (κ1) is 15.9. The molecule has 1 aromatic rings. The average Bonchev–Trinajstić information content (AvgIpc) is 3.19. The second-order valence-electron chi connectivity index (χ2n) is 6.31. The maximum Gasteiger partial charge on any atom is 0.265 e. The number of carbonyl (C=O) groups excluding carboxylic acids is 1. The molecule has 1 atom stereocenters. The van der Waals surface area contributed by atoms with Crippen molar-refractivity contribution < 1.29 is 15.0 Å². The number of aromatic nitrogens is 1. The molecule has 1 aromatic heterocycles. The minimum absolute atomic E-state index is 0.0863. The summed E-state index contributed by atoms with van der Waals surface area (Å²) >= 11 is 1.44. The Morgan fingerprint density at radius 1 is 1.32 bits per heavy atom. The van der Waals surface area contributed by atoms with Gasteiger partial charge < -0.3 is 15.1 Å². The lowest BCUT2D eigenvalue weighted by Gasteiger charge is -2.37. The molecule has 2 fully saturated rings. The Morgan fingerprint density at radius 2 is 2.09 bits per heavy atom. The van der Waals surface area contributed by atoms with Crippen molar-refractivity contribution in [2.45, 2.75) is 37.8 Å². The maximum absolute atomic E-state index is 12.5. The highest BCUT2D eigenvalue weighted by molar-refractivity contribution is 7.13. The molecule has 3 rings (SSSR count). The quantitative estimate of drug-likeness (QED) is 0.852. The summed E-state index contributed by atoms with van der Waals surface area (Å²) in [6.07, 6.45) is 5.37. The van der Waals surface area contributed by atoms with Crippen LogP contribution in [-0.4, -0.2) is 69.3 Å². The van der Waals surface area contributed by atoms with E-state index < -0.39 is 5.60 Å². The number of aliphatic hydroxyl groups is 2. The van der Waals surface area contributed by atoms with Crippen LogP contribution < -0.4 is 0 Å². The van der Waals surface area contributed by atoms with Gasteiger partial charge in [0, 0.05) is 6.54 Å². The lowest BCUT2D eigenvalue weighted by atomic mass is 9.94. The molecule has 6 nitrogen and oxygen atoms in total. The summed E-state index contributed by atoms with van der Waals surface area (Å²) in [7, 11) is 0. The smallest absolute Gasteiger partial charge is 0.265 e. The van der Waals surface area contributed by atoms with Crippen LogP contribution in [0.3, 0.4) is 0 Å². The van der Waals surface area contributed by atoms with E-state index in [1.807, 2.05) is 0 Å². The number of likely N-dealkylation sites (tertiary alicyclic amines) is 2. The zero-order chi connectivity index (χ0) is 15.6. The normalized spacial score (nSPS) is 26.5. The summed E-state index contributed by atoms with van der Waals surface area (Å²) in [4.78, 5) is 21.5. The van der Waals surface area contributed by atoms with Crippen molar-refractivity contribution in [3.63, 3.8) is 0 Å². The van der Waals surface area contributed by atoms with Gasteiger partial charge in [-0.15, -0.1) is 11.3 Å². The standard InChI is InChI=1S/C15H23N3O3S/c19-11-15(21)4-3-7-18(10-15)14(20)12-8-16-13(22-12)9-17-5-1-2-6-17/h8,19,21H,1-7,9-11H2/t15-/m1/s1.